The Hall–Kier alpha value is -2.57. The summed E-state index contributed by atoms with van der Waals surface area (Å²) in [6, 6.07) is 4.95. The summed E-state index contributed by atoms with van der Waals surface area (Å²) in [6.45, 7) is 0.601. The molecule has 0 saturated carbocycles. The van der Waals surface area contributed by atoms with Gasteiger partial charge in [-0.15, -0.1) is 0 Å². The van der Waals surface area contributed by atoms with Gasteiger partial charge in [0.05, 0.1) is 24.0 Å². The lowest BCUT2D eigenvalue weighted by atomic mass is 10.1. The minimum Gasteiger partial charge on any atom is -0.465 e. The summed E-state index contributed by atoms with van der Waals surface area (Å²) in [5, 5.41) is 6.65. The highest BCUT2D eigenvalue weighted by Crippen LogP contribution is 2.20. The van der Waals surface area contributed by atoms with E-state index in [1.807, 2.05) is 0 Å². The Morgan fingerprint density at radius 2 is 2.37 bits per heavy atom. The van der Waals surface area contributed by atoms with Crippen LogP contribution in [0.4, 0.5) is 11.4 Å². The van der Waals surface area contributed by atoms with Gasteiger partial charge in [0.25, 0.3) is 0 Å². The second-order valence-corrected chi connectivity index (χ2v) is 3.81. The molecular weight excluding hydrogens is 248 g/mol. The molecule has 2 aromatic rings. The molecule has 0 unspecified atom stereocenters. The molecule has 0 spiro atoms. The lowest BCUT2D eigenvalue weighted by Gasteiger charge is -2.09. The SMILES string of the molecule is COC(=O)c1ccc(NCCc2ncno2)c(N)c1. The van der Waals surface area contributed by atoms with Crippen LogP contribution in [-0.4, -0.2) is 29.8 Å². The second kappa shape index (κ2) is 5.85. The number of hydrogen-bond donors (Lipinski definition) is 2. The molecule has 0 atom stereocenters. The van der Waals surface area contributed by atoms with Crippen LogP contribution < -0.4 is 11.1 Å². The minimum absolute atomic E-state index is 0.413. The molecule has 0 radical (unpaired) electrons. The number of nitrogens with one attached hydrogen (secondary N) is 1. The molecule has 100 valence electrons. The Labute approximate surface area is 109 Å². The van der Waals surface area contributed by atoms with Crippen molar-refractivity contribution in [1.29, 1.82) is 0 Å². The number of methoxy groups -OCH3 is 1. The van der Waals surface area contributed by atoms with Crippen molar-refractivity contribution in [2.24, 2.45) is 0 Å². The highest BCUT2D eigenvalue weighted by Gasteiger charge is 2.08. The number of anilines is 2. The van der Waals surface area contributed by atoms with E-state index < -0.39 is 5.97 Å². The number of nitrogens with zero attached hydrogens (tertiary/aromatic N) is 2. The van der Waals surface area contributed by atoms with Gasteiger partial charge in [-0.3, -0.25) is 0 Å². The van der Waals surface area contributed by atoms with Crippen LogP contribution in [0.1, 0.15) is 16.2 Å². The van der Waals surface area contributed by atoms with Gasteiger partial charge in [-0.05, 0) is 18.2 Å². The Balaban J connectivity index is 1.95. The molecule has 0 saturated heterocycles. The number of aromatic nitrogens is 2. The molecule has 0 fully saturated rings. The first-order valence-corrected chi connectivity index (χ1v) is 5.68. The lowest BCUT2D eigenvalue weighted by Crippen LogP contribution is -2.08. The molecule has 19 heavy (non-hydrogen) atoms. The summed E-state index contributed by atoms with van der Waals surface area (Å²) in [5.41, 5.74) is 7.49. The van der Waals surface area contributed by atoms with Crippen molar-refractivity contribution >= 4 is 17.3 Å². The zero-order chi connectivity index (χ0) is 13.7. The summed E-state index contributed by atoms with van der Waals surface area (Å²) >= 11 is 0. The minimum atomic E-state index is -0.413. The molecule has 1 aromatic heterocycles. The van der Waals surface area contributed by atoms with Crippen LogP contribution in [0.5, 0.6) is 0 Å². The van der Waals surface area contributed by atoms with Crippen molar-refractivity contribution in [3.8, 4) is 0 Å². The molecule has 0 bridgehead atoms. The second-order valence-electron chi connectivity index (χ2n) is 3.81. The van der Waals surface area contributed by atoms with Crippen LogP contribution in [0.3, 0.4) is 0 Å². The van der Waals surface area contributed by atoms with E-state index in [-0.39, 0.29) is 0 Å². The number of nitrogens with two attached hydrogens (primary N) is 1. The monoisotopic (exact) mass is 262 g/mol. The topological polar surface area (TPSA) is 103 Å². The standard InChI is InChI=1S/C12H14N4O3/c1-18-12(17)8-2-3-10(9(13)6-8)14-5-4-11-15-7-16-19-11/h2-3,6-7,14H,4-5,13H2,1H3. The highest BCUT2D eigenvalue weighted by molar-refractivity contribution is 5.91. The summed E-state index contributed by atoms with van der Waals surface area (Å²) in [4.78, 5) is 15.2. The number of esters is 1. The third-order valence-electron chi connectivity index (χ3n) is 2.53. The Bertz CT molecular complexity index is 554. The van der Waals surface area contributed by atoms with Crippen LogP contribution in [0, 0.1) is 0 Å². The molecule has 0 amide bonds. The van der Waals surface area contributed by atoms with Gasteiger partial charge in [-0.25, -0.2) is 4.79 Å². The maximum Gasteiger partial charge on any atom is 0.337 e. The molecule has 7 nitrogen and oxygen atoms in total. The van der Waals surface area contributed by atoms with E-state index in [4.69, 9.17) is 10.3 Å². The average Bonchev–Trinajstić information content (AvgIpc) is 2.93. The Morgan fingerprint density at radius 3 is 3.00 bits per heavy atom. The number of carbonyl (C=O) groups excluding carboxylic acids is 1. The molecule has 3 N–H and O–H groups in total. The zero-order valence-electron chi connectivity index (χ0n) is 10.4. The molecule has 1 aromatic carbocycles. The smallest absolute Gasteiger partial charge is 0.337 e. The lowest BCUT2D eigenvalue weighted by molar-refractivity contribution is 0.0601. The van der Waals surface area contributed by atoms with Gasteiger partial charge in [0.2, 0.25) is 5.89 Å². The molecular formula is C12H14N4O3. The Kier molecular flexibility index (Phi) is 3.97. The van der Waals surface area contributed by atoms with Crippen LogP contribution in [0.2, 0.25) is 0 Å². The molecule has 1 heterocycles. The predicted molar refractivity (Wildman–Crippen MR) is 68.7 cm³/mol. The summed E-state index contributed by atoms with van der Waals surface area (Å²) in [5.74, 6) is 0.140. The normalized spacial score (nSPS) is 10.2. The third-order valence-corrected chi connectivity index (χ3v) is 2.53. The van der Waals surface area contributed by atoms with E-state index in [0.717, 1.165) is 5.69 Å². The number of ether oxygens (including phenoxy) is 1. The van der Waals surface area contributed by atoms with E-state index in [2.05, 4.69) is 20.2 Å². The first-order chi connectivity index (χ1) is 9.20. The van der Waals surface area contributed by atoms with Crippen molar-refractivity contribution < 1.29 is 14.1 Å². The highest BCUT2D eigenvalue weighted by atomic mass is 16.5. The number of nitrogen functional groups attached to an aromatic ring is 1. The van der Waals surface area contributed by atoms with E-state index in [0.29, 0.717) is 30.1 Å². The number of rotatable bonds is 5. The number of benzene rings is 1. The summed E-state index contributed by atoms with van der Waals surface area (Å²) in [6.07, 6.45) is 1.95. The summed E-state index contributed by atoms with van der Waals surface area (Å²) < 4.78 is 9.49. The maximum atomic E-state index is 11.3. The molecule has 0 aliphatic rings. The molecule has 0 aliphatic carbocycles. The largest absolute Gasteiger partial charge is 0.465 e. The number of carbonyl (C=O) groups is 1. The summed E-state index contributed by atoms with van der Waals surface area (Å²) in [7, 11) is 1.33. The quantitative estimate of drug-likeness (QED) is 0.614. The molecule has 2 rings (SSSR count). The fourth-order valence-electron chi connectivity index (χ4n) is 1.58. The predicted octanol–water partition coefficient (Wildman–Crippen LogP) is 1.09. The molecule has 0 aliphatic heterocycles. The van der Waals surface area contributed by atoms with Gasteiger partial charge in [0.1, 0.15) is 0 Å². The van der Waals surface area contributed by atoms with Crippen molar-refractivity contribution in [2.45, 2.75) is 6.42 Å². The van der Waals surface area contributed by atoms with Gasteiger partial charge >= 0.3 is 5.97 Å². The van der Waals surface area contributed by atoms with Gasteiger partial charge in [-0.2, -0.15) is 4.98 Å². The van der Waals surface area contributed by atoms with Crippen LogP contribution in [-0.2, 0) is 11.2 Å². The average molecular weight is 262 g/mol. The van der Waals surface area contributed by atoms with Crippen molar-refractivity contribution in [1.82, 2.24) is 10.1 Å². The Morgan fingerprint density at radius 1 is 1.53 bits per heavy atom. The number of hydrogen-bond acceptors (Lipinski definition) is 7. The van der Waals surface area contributed by atoms with Crippen molar-refractivity contribution in [3.05, 3.63) is 36.0 Å². The fourth-order valence-corrected chi connectivity index (χ4v) is 1.58. The first kappa shape index (κ1) is 12.9. The van der Waals surface area contributed by atoms with Gasteiger partial charge in [0, 0.05) is 13.0 Å². The van der Waals surface area contributed by atoms with Crippen molar-refractivity contribution in [2.75, 3.05) is 24.7 Å². The molecule has 7 heteroatoms. The van der Waals surface area contributed by atoms with Gasteiger partial charge in [-0.1, -0.05) is 5.16 Å². The van der Waals surface area contributed by atoms with E-state index in [1.165, 1.54) is 13.4 Å². The van der Waals surface area contributed by atoms with Crippen LogP contribution in [0.25, 0.3) is 0 Å². The fraction of sp³-hybridized carbons (Fsp3) is 0.250. The van der Waals surface area contributed by atoms with E-state index >= 15 is 0 Å². The first-order valence-electron chi connectivity index (χ1n) is 5.68. The van der Waals surface area contributed by atoms with Crippen LogP contribution in [0.15, 0.2) is 29.0 Å². The van der Waals surface area contributed by atoms with Gasteiger partial charge in [0.15, 0.2) is 6.33 Å². The van der Waals surface area contributed by atoms with Crippen LogP contribution >= 0.6 is 0 Å². The van der Waals surface area contributed by atoms with E-state index in [1.54, 1.807) is 18.2 Å². The zero-order valence-corrected chi connectivity index (χ0v) is 10.4. The van der Waals surface area contributed by atoms with E-state index in [9.17, 15) is 4.79 Å². The maximum absolute atomic E-state index is 11.3. The van der Waals surface area contributed by atoms with Gasteiger partial charge < -0.3 is 20.3 Å². The van der Waals surface area contributed by atoms with Crippen molar-refractivity contribution in [3.63, 3.8) is 0 Å². The third kappa shape index (κ3) is 3.21.